The summed E-state index contributed by atoms with van der Waals surface area (Å²) in [4.78, 5) is 1.41. The summed E-state index contributed by atoms with van der Waals surface area (Å²) in [5.74, 6) is 0. The van der Waals surface area contributed by atoms with Crippen LogP contribution in [0.15, 0.2) is 0 Å². The molecule has 0 aliphatic carbocycles. The molecule has 5 heteroatoms. The highest BCUT2D eigenvalue weighted by Crippen LogP contribution is 2.24. The lowest BCUT2D eigenvalue weighted by Gasteiger charge is -2.40. The molecule has 0 aromatic rings. The van der Waals surface area contributed by atoms with Gasteiger partial charge in [-0.3, -0.25) is 4.90 Å². The van der Waals surface area contributed by atoms with Crippen LogP contribution in [0.4, 0.5) is 13.2 Å². The molecular formula is C10H20F3NO. The summed E-state index contributed by atoms with van der Waals surface area (Å²) in [5, 5.41) is 0. The molecule has 1 heterocycles. The number of hydrogen-bond donors (Lipinski definition) is 0. The molecule has 92 valence electrons. The quantitative estimate of drug-likeness (QED) is 0.732. The van der Waals surface area contributed by atoms with Crippen LogP contribution in [0.2, 0.25) is 0 Å². The van der Waals surface area contributed by atoms with E-state index in [1.807, 2.05) is 20.8 Å². The molecule has 0 aromatic carbocycles. The minimum atomic E-state index is -4.08. The second-order valence-corrected chi connectivity index (χ2v) is 3.19. The summed E-state index contributed by atoms with van der Waals surface area (Å²) in [6, 6.07) is -0.0263. The van der Waals surface area contributed by atoms with Gasteiger partial charge >= 0.3 is 6.18 Å². The molecule has 1 atom stereocenters. The van der Waals surface area contributed by atoms with E-state index < -0.39 is 12.7 Å². The van der Waals surface area contributed by atoms with Crippen molar-refractivity contribution in [3.8, 4) is 0 Å². The molecule has 1 rings (SSSR count). The molecule has 1 fully saturated rings. The van der Waals surface area contributed by atoms with Gasteiger partial charge in [0.2, 0.25) is 0 Å². The summed E-state index contributed by atoms with van der Waals surface area (Å²) in [6.07, 6.45) is -3.26. The first-order chi connectivity index (χ1) is 7.03. The van der Waals surface area contributed by atoms with Gasteiger partial charge < -0.3 is 4.74 Å². The third-order valence-electron chi connectivity index (χ3n) is 2.16. The van der Waals surface area contributed by atoms with Crippen LogP contribution in [0.5, 0.6) is 0 Å². The molecule has 1 aliphatic rings. The molecule has 0 spiro atoms. The topological polar surface area (TPSA) is 12.5 Å². The highest BCUT2D eigenvalue weighted by atomic mass is 19.4. The van der Waals surface area contributed by atoms with Gasteiger partial charge in [-0.15, -0.1) is 0 Å². The van der Waals surface area contributed by atoms with Gasteiger partial charge in [-0.1, -0.05) is 13.8 Å². The number of alkyl halides is 3. The maximum Gasteiger partial charge on any atom is 0.401 e. The lowest BCUT2D eigenvalue weighted by molar-refractivity contribution is -0.165. The second-order valence-electron chi connectivity index (χ2n) is 3.19. The van der Waals surface area contributed by atoms with Crippen LogP contribution in [0.25, 0.3) is 0 Å². The fourth-order valence-electron chi connectivity index (χ4n) is 1.38. The van der Waals surface area contributed by atoms with Gasteiger partial charge in [-0.25, -0.2) is 0 Å². The molecule has 0 amide bonds. The third kappa shape index (κ3) is 5.99. The molecule has 1 aliphatic heterocycles. The minimum Gasteiger partial charge on any atom is -0.380 e. The highest BCUT2D eigenvalue weighted by Gasteiger charge is 2.38. The van der Waals surface area contributed by atoms with Gasteiger partial charge in [0, 0.05) is 19.2 Å². The lowest BCUT2D eigenvalue weighted by Crippen LogP contribution is -2.53. The Hall–Kier alpha value is -0.290. The Balaban J connectivity index is 0.000000921. The van der Waals surface area contributed by atoms with E-state index in [1.54, 1.807) is 0 Å². The van der Waals surface area contributed by atoms with E-state index in [1.165, 1.54) is 4.90 Å². The van der Waals surface area contributed by atoms with E-state index in [2.05, 4.69) is 0 Å². The van der Waals surface area contributed by atoms with Gasteiger partial charge in [0.05, 0.1) is 13.2 Å². The van der Waals surface area contributed by atoms with E-state index in [0.717, 1.165) is 6.42 Å². The Labute approximate surface area is 89.4 Å². The van der Waals surface area contributed by atoms with Crippen LogP contribution in [-0.4, -0.2) is 43.4 Å². The lowest BCUT2D eigenvalue weighted by atomic mass is 10.0. The summed E-state index contributed by atoms with van der Waals surface area (Å²) < 4.78 is 40.9. The first-order valence-electron chi connectivity index (χ1n) is 5.41. The van der Waals surface area contributed by atoms with Crippen LogP contribution >= 0.6 is 0 Å². The van der Waals surface area contributed by atoms with Crippen molar-refractivity contribution in [3.63, 3.8) is 0 Å². The van der Waals surface area contributed by atoms with Crippen molar-refractivity contribution >= 4 is 0 Å². The SMILES string of the molecule is CC.CCOCC1CCN1CC(F)(F)F. The Morgan fingerprint density at radius 1 is 1.33 bits per heavy atom. The van der Waals surface area contributed by atoms with Crippen molar-refractivity contribution in [2.24, 2.45) is 0 Å². The number of nitrogens with zero attached hydrogens (tertiary/aromatic N) is 1. The number of hydrogen-bond acceptors (Lipinski definition) is 2. The molecule has 0 aromatic heterocycles. The second kappa shape index (κ2) is 7.06. The first-order valence-corrected chi connectivity index (χ1v) is 5.41. The molecular weight excluding hydrogens is 207 g/mol. The largest absolute Gasteiger partial charge is 0.401 e. The zero-order chi connectivity index (χ0) is 11.9. The fourth-order valence-corrected chi connectivity index (χ4v) is 1.38. The number of ether oxygens (including phenoxy) is 1. The van der Waals surface area contributed by atoms with Gasteiger partial charge in [-0.05, 0) is 13.3 Å². The highest BCUT2D eigenvalue weighted by molar-refractivity contribution is 4.83. The van der Waals surface area contributed by atoms with Gasteiger partial charge in [0.15, 0.2) is 0 Å². The smallest absolute Gasteiger partial charge is 0.380 e. The van der Waals surface area contributed by atoms with Crippen molar-refractivity contribution in [2.75, 3.05) is 26.3 Å². The Morgan fingerprint density at radius 2 is 1.93 bits per heavy atom. The Kier molecular flexibility index (Phi) is 6.92. The molecule has 0 bridgehead atoms. The maximum absolute atomic E-state index is 11.9. The van der Waals surface area contributed by atoms with Crippen LogP contribution in [0.1, 0.15) is 27.2 Å². The van der Waals surface area contributed by atoms with Crippen molar-refractivity contribution in [3.05, 3.63) is 0 Å². The van der Waals surface area contributed by atoms with E-state index in [9.17, 15) is 13.2 Å². The normalized spacial score (nSPS) is 21.6. The number of likely N-dealkylation sites (tertiary alicyclic amines) is 1. The number of halogens is 3. The third-order valence-corrected chi connectivity index (χ3v) is 2.16. The average molecular weight is 227 g/mol. The summed E-state index contributed by atoms with van der Waals surface area (Å²) >= 11 is 0. The van der Waals surface area contributed by atoms with Crippen molar-refractivity contribution in [1.29, 1.82) is 0 Å². The predicted octanol–water partition coefficient (Wildman–Crippen LogP) is 2.69. The molecule has 0 N–H and O–H groups in total. The summed E-state index contributed by atoms with van der Waals surface area (Å²) in [7, 11) is 0. The molecule has 1 unspecified atom stereocenters. The van der Waals surface area contributed by atoms with Gasteiger partial charge in [-0.2, -0.15) is 13.2 Å². The Bertz CT molecular complexity index is 161. The van der Waals surface area contributed by atoms with Crippen molar-refractivity contribution in [2.45, 2.75) is 39.4 Å². The van der Waals surface area contributed by atoms with E-state index in [-0.39, 0.29) is 6.04 Å². The first kappa shape index (κ1) is 14.7. The van der Waals surface area contributed by atoms with Crippen LogP contribution in [0, 0.1) is 0 Å². The maximum atomic E-state index is 11.9. The average Bonchev–Trinajstić information content (AvgIpc) is 2.15. The molecule has 1 saturated heterocycles. The summed E-state index contributed by atoms with van der Waals surface area (Å²) in [6.45, 7) is 6.57. The standard InChI is InChI=1S/C8H14F3NO.C2H6/c1-2-13-5-7-3-4-12(7)6-8(9,10)11;1-2/h7H,2-6H2,1H3;1-2H3. The molecule has 2 nitrogen and oxygen atoms in total. The zero-order valence-corrected chi connectivity index (χ0v) is 9.60. The predicted molar refractivity (Wildman–Crippen MR) is 53.9 cm³/mol. The fraction of sp³-hybridized carbons (Fsp3) is 1.00. The minimum absolute atomic E-state index is 0.0263. The van der Waals surface area contributed by atoms with Crippen molar-refractivity contribution in [1.82, 2.24) is 4.90 Å². The van der Waals surface area contributed by atoms with Gasteiger partial charge in [0.25, 0.3) is 0 Å². The van der Waals surface area contributed by atoms with Crippen LogP contribution in [0.3, 0.4) is 0 Å². The van der Waals surface area contributed by atoms with Gasteiger partial charge in [0.1, 0.15) is 0 Å². The molecule has 0 radical (unpaired) electrons. The Morgan fingerprint density at radius 3 is 2.27 bits per heavy atom. The monoisotopic (exact) mass is 227 g/mol. The van der Waals surface area contributed by atoms with Crippen LogP contribution < -0.4 is 0 Å². The molecule has 0 saturated carbocycles. The van der Waals surface area contributed by atoms with Crippen molar-refractivity contribution < 1.29 is 17.9 Å². The van der Waals surface area contributed by atoms with E-state index >= 15 is 0 Å². The van der Waals surface area contributed by atoms with Crippen LogP contribution in [-0.2, 0) is 4.74 Å². The van der Waals surface area contributed by atoms with E-state index in [0.29, 0.717) is 19.8 Å². The number of rotatable bonds is 4. The summed E-state index contributed by atoms with van der Waals surface area (Å²) in [5.41, 5.74) is 0. The van der Waals surface area contributed by atoms with E-state index in [4.69, 9.17) is 4.74 Å². The molecule has 15 heavy (non-hydrogen) atoms. The zero-order valence-electron chi connectivity index (χ0n) is 9.60.